The van der Waals surface area contributed by atoms with E-state index < -0.39 is 5.82 Å². The SMILES string of the molecule is Fc1cccnc1OC[C@H]1CCOC12CN(CC1CCOCC1)C2. The molecule has 0 saturated carbocycles. The zero-order valence-corrected chi connectivity index (χ0v) is 14.0. The van der Waals surface area contributed by atoms with Crippen LogP contribution in [-0.2, 0) is 9.47 Å². The Kier molecular flexibility index (Phi) is 4.70. The number of ether oxygens (including phenoxy) is 3. The van der Waals surface area contributed by atoms with Gasteiger partial charge in [-0.05, 0) is 37.3 Å². The summed E-state index contributed by atoms with van der Waals surface area (Å²) in [4.78, 5) is 6.44. The highest BCUT2D eigenvalue weighted by Gasteiger charge is 2.53. The molecule has 0 radical (unpaired) electrons. The van der Waals surface area contributed by atoms with Crippen LogP contribution in [0.5, 0.6) is 5.88 Å². The lowest BCUT2D eigenvalue weighted by molar-refractivity contribution is -0.143. The van der Waals surface area contributed by atoms with Gasteiger partial charge in [0.15, 0.2) is 5.82 Å². The third-order valence-corrected chi connectivity index (χ3v) is 5.59. The Morgan fingerprint density at radius 2 is 2.08 bits per heavy atom. The van der Waals surface area contributed by atoms with Gasteiger partial charge >= 0.3 is 0 Å². The van der Waals surface area contributed by atoms with Gasteiger partial charge in [0, 0.05) is 51.6 Å². The van der Waals surface area contributed by atoms with Gasteiger partial charge in [-0.1, -0.05) is 0 Å². The van der Waals surface area contributed by atoms with E-state index in [2.05, 4.69) is 9.88 Å². The first-order valence-corrected chi connectivity index (χ1v) is 8.92. The van der Waals surface area contributed by atoms with Crippen LogP contribution >= 0.6 is 0 Å². The van der Waals surface area contributed by atoms with Gasteiger partial charge in [-0.25, -0.2) is 9.37 Å². The lowest BCUT2D eigenvalue weighted by atomic mass is 9.80. The molecule has 1 aromatic rings. The van der Waals surface area contributed by atoms with Gasteiger partial charge in [-0.3, -0.25) is 4.90 Å². The maximum Gasteiger partial charge on any atom is 0.250 e. The molecule has 0 aromatic carbocycles. The van der Waals surface area contributed by atoms with Crippen molar-refractivity contribution in [3.05, 3.63) is 24.1 Å². The van der Waals surface area contributed by atoms with Crippen molar-refractivity contribution >= 4 is 0 Å². The molecule has 5 nitrogen and oxygen atoms in total. The van der Waals surface area contributed by atoms with E-state index in [1.807, 2.05) is 0 Å². The summed E-state index contributed by atoms with van der Waals surface area (Å²) in [5.74, 6) is 0.748. The minimum absolute atomic E-state index is 0.0953. The molecule has 3 saturated heterocycles. The highest BCUT2D eigenvalue weighted by atomic mass is 19.1. The number of likely N-dealkylation sites (tertiary alicyclic amines) is 1. The number of pyridine rings is 1. The standard InChI is InChI=1S/C18H25FN2O3/c19-16-2-1-6-20-17(16)23-11-15-5-9-24-18(15)12-21(13-18)10-14-3-7-22-8-4-14/h1-2,6,14-15H,3-5,7-13H2/t15-/m1/s1. The Hall–Kier alpha value is -1.24. The summed E-state index contributed by atoms with van der Waals surface area (Å²) in [5.41, 5.74) is -0.101. The number of hydrogen-bond acceptors (Lipinski definition) is 5. The summed E-state index contributed by atoms with van der Waals surface area (Å²) < 4.78 is 30.8. The van der Waals surface area contributed by atoms with Crippen molar-refractivity contribution < 1.29 is 18.6 Å². The van der Waals surface area contributed by atoms with Crippen LogP contribution in [0.15, 0.2) is 18.3 Å². The van der Waals surface area contributed by atoms with Crippen molar-refractivity contribution in [2.24, 2.45) is 11.8 Å². The van der Waals surface area contributed by atoms with E-state index in [-0.39, 0.29) is 11.5 Å². The quantitative estimate of drug-likeness (QED) is 0.824. The molecular weight excluding hydrogens is 311 g/mol. The van der Waals surface area contributed by atoms with E-state index in [0.717, 1.165) is 64.6 Å². The first-order valence-electron chi connectivity index (χ1n) is 8.92. The lowest BCUT2D eigenvalue weighted by Gasteiger charge is -2.51. The molecule has 132 valence electrons. The molecule has 0 aliphatic carbocycles. The average molecular weight is 336 g/mol. The minimum atomic E-state index is -0.403. The van der Waals surface area contributed by atoms with Crippen molar-refractivity contribution in [1.82, 2.24) is 9.88 Å². The van der Waals surface area contributed by atoms with Gasteiger partial charge in [-0.15, -0.1) is 0 Å². The first-order chi connectivity index (χ1) is 11.8. The predicted molar refractivity (Wildman–Crippen MR) is 86.5 cm³/mol. The molecule has 1 spiro atoms. The molecule has 4 heterocycles. The monoisotopic (exact) mass is 336 g/mol. The number of hydrogen-bond donors (Lipinski definition) is 0. The second-order valence-corrected chi connectivity index (χ2v) is 7.23. The van der Waals surface area contributed by atoms with Crippen LogP contribution in [0.2, 0.25) is 0 Å². The maximum absolute atomic E-state index is 13.6. The minimum Gasteiger partial charge on any atom is -0.475 e. The molecule has 0 amide bonds. The smallest absolute Gasteiger partial charge is 0.250 e. The Labute approximate surface area is 142 Å². The molecule has 0 bridgehead atoms. The zero-order valence-electron chi connectivity index (χ0n) is 14.0. The Morgan fingerprint density at radius 1 is 1.25 bits per heavy atom. The van der Waals surface area contributed by atoms with Crippen molar-refractivity contribution in [1.29, 1.82) is 0 Å². The van der Waals surface area contributed by atoms with Crippen molar-refractivity contribution in [3.8, 4) is 5.88 Å². The molecule has 4 rings (SSSR count). The fraction of sp³-hybridized carbons (Fsp3) is 0.722. The first kappa shape index (κ1) is 16.2. The summed E-state index contributed by atoms with van der Waals surface area (Å²) in [6.45, 7) is 6.09. The molecular formula is C18H25FN2O3. The molecule has 1 aromatic heterocycles. The van der Waals surface area contributed by atoms with Gasteiger partial charge in [0.2, 0.25) is 5.88 Å². The van der Waals surface area contributed by atoms with Crippen LogP contribution in [0, 0.1) is 17.7 Å². The van der Waals surface area contributed by atoms with Crippen LogP contribution in [-0.4, -0.2) is 61.5 Å². The molecule has 0 unspecified atom stereocenters. The topological polar surface area (TPSA) is 43.8 Å². The van der Waals surface area contributed by atoms with Crippen LogP contribution in [0.25, 0.3) is 0 Å². The van der Waals surface area contributed by atoms with E-state index in [9.17, 15) is 4.39 Å². The summed E-state index contributed by atoms with van der Waals surface area (Å²) >= 11 is 0. The van der Waals surface area contributed by atoms with Gasteiger partial charge in [-0.2, -0.15) is 0 Å². The third kappa shape index (κ3) is 3.27. The normalized spacial score (nSPS) is 27.3. The second kappa shape index (κ2) is 6.94. The van der Waals surface area contributed by atoms with Gasteiger partial charge < -0.3 is 14.2 Å². The Balaban J connectivity index is 1.29. The lowest BCUT2D eigenvalue weighted by Crippen LogP contribution is -2.66. The van der Waals surface area contributed by atoms with Crippen molar-refractivity contribution in [2.75, 3.05) is 46.1 Å². The highest BCUT2D eigenvalue weighted by Crippen LogP contribution is 2.40. The van der Waals surface area contributed by atoms with Crippen LogP contribution in [0.4, 0.5) is 4.39 Å². The summed E-state index contributed by atoms with van der Waals surface area (Å²) in [6.07, 6.45) is 4.85. The number of aromatic nitrogens is 1. The Morgan fingerprint density at radius 3 is 2.88 bits per heavy atom. The predicted octanol–water partition coefficient (Wildman–Crippen LogP) is 2.12. The van der Waals surface area contributed by atoms with Crippen LogP contribution in [0.3, 0.4) is 0 Å². The summed E-state index contributed by atoms with van der Waals surface area (Å²) in [5, 5.41) is 0. The zero-order chi connectivity index (χ0) is 16.4. The average Bonchev–Trinajstić information content (AvgIpc) is 2.99. The second-order valence-electron chi connectivity index (χ2n) is 7.23. The fourth-order valence-electron chi connectivity index (χ4n) is 4.16. The van der Waals surface area contributed by atoms with Crippen molar-refractivity contribution in [3.63, 3.8) is 0 Å². The Bertz CT molecular complexity index is 559. The number of halogens is 1. The third-order valence-electron chi connectivity index (χ3n) is 5.59. The van der Waals surface area contributed by atoms with E-state index in [1.54, 1.807) is 12.3 Å². The van der Waals surface area contributed by atoms with E-state index in [4.69, 9.17) is 14.2 Å². The summed E-state index contributed by atoms with van der Waals surface area (Å²) in [6, 6.07) is 2.95. The molecule has 3 fully saturated rings. The summed E-state index contributed by atoms with van der Waals surface area (Å²) in [7, 11) is 0. The molecule has 24 heavy (non-hydrogen) atoms. The molecule has 3 aliphatic heterocycles. The fourth-order valence-corrected chi connectivity index (χ4v) is 4.16. The van der Waals surface area contributed by atoms with Crippen molar-refractivity contribution in [2.45, 2.75) is 24.9 Å². The largest absolute Gasteiger partial charge is 0.475 e. The molecule has 3 aliphatic rings. The number of rotatable bonds is 5. The van der Waals surface area contributed by atoms with E-state index in [0.29, 0.717) is 12.5 Å². The van der Waals surface area contributed by atoms with E-state index in [1.165, 1.54) is 6.07 Å². The van der Waals surface area contributed by atoms with Gasteiger partial charge in [0.1, 0.15) is 0 Å². The molecule has 0 N–H and O–H groups in total. The van der Waals surface area contributed by atoms with Gasteiger partial charge in [0.05, 0.1) is 12.2 Å². The van der Waals surface area contributed by atoms with E-state index >= 15 is 0 Å². The maximum atomic E-state index is 13.6. The highest BCUT2D eigenvalue weighted by molar-refractivity contribution is 5.13. The molecule has 1 atom stereocenters. The molecule has 6 heteroatoms. The van der Waals surface area contributed by atoms with Crippen LogP contribution < -0.4 is 4.74 Å². The number of nitrogens with zero attached hydrogens (tertiary/aromatic N) is 2. The van der Waals surface area contributed by atoms with Gasteiger partial charge in [0.25, 0.3) is 0 Å². The van der Waals surface area contributed by atoms with Crippen LogP contribution in [0.1, 0.15) is 19.3 Å².